The first kappa shape index (κ1) is 29.6. The molecule has 6 rings (SSSR count). The molecule has 0 saturated heterocycles. The number of carbonyl (C=O) groups excluding carboxylic acids is 2. The lowest BCUT2D eigenvalue weighted by Gasteiger charge is -2.29. The lowest BCUT2D eigenvalue weighted by atomic mass is 9.94. The fourth-order valence-electron chi connectivity index (χ4n) is 5.94. The number of carbonyl (C=O) groups is 2. The Kier molecular flexibility index (Phi) is 8.00. The molecule has 3 aromatic carbocycles. The molecule has 0 bridgehead atoms. The number of ether oxygens (including phenoxy) is 1. The summed E-state index contributed by atoms with van der Waals surface area (Å²) >= 11 is 7.26. The van der Waals surface area contributed by atoms with E-state index in [1.807, 2.05) is 74.5 Å². The van der Waals surface area contributed by atoms with Crippen molar-refractivity contribution in [2.75, 3.05) is 25.1 Å². The number of aromatic nitrogens is 1. The highest BCUT2D eigenvalue weighted by Crippen LogP contribution is 2.38. The minimum Gasteiger partial charge on any atom is -0.496 e. The number of allylic oxidation sites excluding steroid dienone is 1. The van der Waals surface area contributed by atoms with Crippen LogP contribution >= 0.6 is 22.9 Å². The van der Waals surface area contributed by atoms with Crippen LogP contribution in [0, 0.1) is 0 Å². The Balaban J connectivity index is 1.59. The zero-order valence-corrected chi connectivity index (χ0v) is 26.4. The highest BCUT2D eigenvalue weighted by molar-refractivity contribution is 7.07. The number of hydrogen-bond acceptors (Lipinski definition) is 6. The van der Waals surface area contributed by atoms with E-state index < -0.39 is 6.04 Å². The van der Waals surface area contributed by atoms with Gasteiger partial charge in [0.1, 0.15) is 16.3 Å². The van der Waals surface area contributed by atoms with E-state index in [2.05, 4.69) is 0 Å². The molecule has 2 aliphatic heterocycles. The third-order valence-corrected chi connectivity index (χ3v) is 9.42. The summed E-state index contributed by atoms with van der Waals surface area (Å²) < 4.78 is 7.54. The second kappa shape index (κ2) is 11.9. The number of amides is 2. The number of hydrogen-bond donors (Lipinski definition) is 0. The summed E-state index contributed by atoms with van der Waals surface area (Å²) in [6, 6.07) is 21.4. The zero-order valence-electron chi connectivity index (χ0n) is 24.8. The van der Waals surface area contributed by atoms with Gasteiger partial charge in [-0.15, -0.1) is 0 Å². The minimum absolute atomic E-state index is 0.193. The van der Waals surface area contributed by atoms with Crippen molar-refractivity contribution >= 4 is 46.0 Å². The maximum atomic E-state index is 14.5. The first-order chi connectivity index (χ1) is 21.3. The third-order valence-electron chi connectivity index (χ3n) is 8.12. The van der Waals surface area contributed by atoms with Crippen LogP contribution < -0.4 is 24.5 Å². The van der Waals surface area contributed by atoms with Crippen LogP contribution in [0.2, 0.25) is 5.02 Å². The van der Waals surface area contributed by atoms with Crippen molar-refractivity contribution in [1.82, 2.24) is 9.47 Å². The predicted molar refractivity (Wildman–Crippen MR) is 173 cm³/mol. The van der Waals surface area contributed by atoms with Crippen molar-refractivity contribution < 1.29 is 14.3 Å². The number of likely N-dealkylation sites (N-methyl/N-ethyl adjacent to an activating group) is 1. The van der Waals surface area contributed by atoms with Crippen LogP contribution in [0.5, 0.6) is 5.75 Å². The summed E-state index contributed by atoms with van der Waals surface area (Å²) in [4.78, 5) is 51.3. The van der Waals surface area contributed by atoms with E-state index in [-0.39, 0.29) is 21.9 Å². The molecule has 0 N–H and O–H groups in total. The molecule has 8 nitrogen and oxygen atoms in total. The Labute approximate surface area is 263 Å². The number of para-hydroxylation sites is 2. The first-order valence-corrected chi connectivity index (χ1v) is 15.6. The third kappa shape index (κ3) is 4.86. The molecule has 2 amide bonds. The van der Waals surface area contributed by atoms with Crippen LogP contribution in [0.3, 0.4) is 0 Å². The molecule has 224 valence electrons. The molecule has 44 heavy (non-hydrogen) atoms. The van der Waals surface area contributed by atoms with E-state index in [1.54, 1.807) is 40.5 Å². The van der Waals surface area contributed by atoms with E-state index >= 15 is 0 Å². The quantitative estimate of drug-likeness (QED) is 0.298. The Bertz CT molecular complexity index is 2010. The van der Waals surface area contributed by atoms with E-state index in [0.29, 0.717) is 63.2 Å². The fourth-order valence-corrected chi connectivity index (χ4v) is 7.20. The van der Waals surface area contributed by atoms with Gasteiger partial charge < -0.3 is 14.5 Å². The van der Waals surface area contributed by atoms with Crippen molar-refractivity contribution in [1.29, 1.82) is 0 Å². The highest BCUT2D eigenvalue weighted by atomic mass is 35.5. The van der Waals surface area contributed by atoms with E-state index in [9.17, 15) is 14.4 Å². The number of rotatable bonds is 7. The fraction of sp³-hybridized carbons (Fsp3) is 0.235. The lowest BCUT2D eigenvalue weighted by Crippen LogP contribution is -2.43. The van der Waals surface area contributed by atoms with Crippen LogP contribution in [-0.2, 0) is 16.1 Å². The first-order valence-electron chi connectivity index (χ1n) is 14.4. The summed E-state index contributed by atoms with van der Waals surface area (Å²) in [5.41, 5.74) is 3.86. The van der Waals surface area contributed by atoms with Crippen molar-refractivity contribution in [3.05, 3.63) is 125 Å². The number of benzene rings is 3. The van der Waals surface area contributed by atoms with Crippen molar-refractivity contribution in [3.8, 4) is 5.75 Å². The van der Waals surface area contributed by atoms with Gasteiger partial charge >= 0.3 is 0 Å². The lowest BCUT2D eigenvalue weighted by molar-refractivity contribution is -0.127. The SMILES string of the molecule is CCN(CC)C(=O)C1=C(C)N=c2s/c(=C3\C(=O)N(Cc4ccc(Cl)cc4)c4ccccc43)c(=O)n2[C@H]1c1ccccc1OC. The number of methoxy groups -OCH3 is 1. The summed E-state index contributed by atoms with van der Waals surface area (Å²) in [5.74, 6) is 0.0867. The topological polar surface area (TPSA) is 84.2 Å². The molecule has 0 fully saturated rings. The van der Waals surface area contributed by atoms with Crippen LogP contribution in [0.4, 0.5) is 5.69 Å². The number of halogens is 1. The van der Waals surface area contributed by atoms with E-state index in [1.165, 1.54) is 11.3 Å². The molecular formula is C34H31ClN4O4S. The molecule has 0 unspecified atom stereocenters. The van der Waals surface area contributed by atoms with Gasteiger partial charge in [-0.1, -0.05) is 71.5 Å². The molecule has 3 heterocycles. The van der Waals surface area contributed by atoms with E-state index in [4.69, 9.17) is 21.3 Å². The molecule has 0 aliphatic carbocycles. The Morgan fingerprint density at radius 2 is 1.68 bits per heavy atom. The Morgan fingerprint density at radius 3 is 2.39 bits per heavy atom. The zero-order chi connectivity index (χ0) is 31.1. The van der Waals surface area contributed by atoms with Gasteiger partial charge in [-0.2, -0.15) is 0 Å². The molecule has 1 atom stereocenters. The maximum Gasteiger partial charge on any atom is 0.271 e. The van der Waals surface area contributed by atoms with Gasteiger partial charge in [0.05, 0.1) is 36.2 Å². The number of thiazole rings is 1. The number of anilines is 1. The normalized spacial score (nSPS) is 16.9. The second-order valence-electron chi connectivity index (χ2n) is 10.5. The number of fused-ring (bicyclic) bond motifs is 2. The van der Waals surface area contributed by atoms with Crippen molar-refractivity contribution in [3.63, 3.8) is 0 Å². The maximum absolute atomic E-state index is 14.5. The van der Waals surface area contributed by atoms with Gasteiger partial charge in [-0.3, -0.25) is 19.0 Å². The molecular weight excluding hydrogens is 596 g/mol. The molecule has 0 spiro atoms. The highest BCUT2D eigenvalue weighted by Gasteiger charge is 2.38. The van der Waals surface area contributed by atoms with Gasteiger partial charge in [0.2, 0.25) is 0 Å². The molecule has 0 radical (unpaired) electrons. The van der Waals surface area contributed by atoms with Crippen molar-refractivity contribution in [2.45, 2.75) is 33.4 Å². The monoisotopic (exact) mass is 626 g/mol. The number of nitrogens with zero attached hydrogens (tertiary/aromatic N) is 4. The standard InChI is InChI=1S/C34H31ClN4O4S/c1-5-37(6-2)31(40)27-20(3)36-34-39(29(27)24-12-8-10-14-26(24)43-4)33(42)30(44-34)28-23-11-7-9-13-25(23)38(32(28)41)19-21-15-17-22(35)18-16-21/h7-18,29H,5-6,19H2,1-4H3/b30-28-/t29-/m0/s1. The molecule has 10 heteroatoms. The summed E-state index contributed by atoms with van der Waals surface area (Å²) in [5, 5.41) is 0.613. The molecule has 1 aromatic heterocycles. The average Bonchev–Trinajstić information content (AvgIpc) is 3.49. The average molecular weight is 627 g/mol. The summed E-state index contributed by atoms with van der Waals surface area (Å²) in [6.45, 7) is 6.97. The van der Waals surface area contributed by atoms with Gasteiger partial charge in [0.25, 0.3) is 17.4 Å². The smallest absolute Gasteiger partial charge is 0.271 e. The van der Waals surface area contributed by atoms with Crippen LogP contribution in [0.15, 0.2) is 93.9 Å². The largest absolute Gasteiger partial charge is 0.496 e. The predicted octanol–water partition coefficient (Wildman–Crippen LogP) is 4.68. The van der Waals surface area contributed by atoms with Crippen LogP contribution in [-0.4, -0.2) is 41.5 Å². The minimum atomic E-state index is -0.790. The molecule has 2 aliphatic rings. The van der Waals surface area contributed by atoms with Crippen molar-refractivity contribution in [2.24, 2.45) is 4.99 Å². The van der Waals surface area contributed by atoms with Crippen LogP contribution in [0.25, 0.3) is 5.57 Å². The van der Waals surface area contributed by atoms with Crippen LogP contribution in [0.1, 0.15) is 43.5 Å². The molecule has 0 saturated carbocycles. The Hall–Kier alpha value is -4.47. The van der Waals surface area contributed by atoms with Gasteiger partial charge in [0.15, 0.2) is 4.80 Å². The second-order valence-corrected chi connectivity index (χ2v) is 11.9. The summed E-state index contributed by atoms with van der Waals surface area (Å²) in [6.07, 6.45) is 0. The Morgan fingerprint density at radius 1 is 1.00 bits per heavy atom. The summed E-state index contributed by atoms with van der Waals surface area (Å²) in [7, 11) is 1.57. The van der Waals surface area contributed by atoms with Gasteiger partial charge in [0, 0.05) is 29.2 Å². The molecule has 4 aromatic rings. The van der Waals surface area contributed by atoms with Gasteiger partial charge in [-0.05, 0) is 50.6 Å². The van der Waals surface area contributed by atoms with Gasteiger partial charge in [-0.25, -0.2) is 4.99 Å². The van der Waals surface area contributed by atoms with E-state index in [0.717, 1.165) is 11.3 Å².